The molecule has 0 radical (unpaired) electrons. The van der Waals surface area contributed by atoms with Gasteiger partial charge in [-0.25, -0.2) is 0 Å². The maximum atomic E-state index is 10.8. The first-order valence-corrected chi connectivity index (χ1v) is 3.87. The zero-order chi connectivity index (χ0) is 6.69. The van der Waals surface area contributed by atoms with Gasteiger partial charge in [0.05, 0.1) is 0 Å². The Kier molecular flexibility index (Phi) is 2.01. The number of thioether (sulfide) groups is 1. The molecule has 0 saturated carbocycles. The lowest BCUT2D eigenvalue weighted by Gasteiger charge is -2.08. The van der Waals surface area contributed by atoms with Crippen molar-refractivity contribution in [2.45, 2.75) is 4.90 Å². The summed E-state index contributed by atoms with van der Waals surface area (Å²) in [5.74, 6) is 0.116. The van der Waals surface area contributed by atoms with Crippen LogP contribution in [-0.2, 0) is 0 Å². The van der Waals surface area contributed by atoms with Gasteiger partial charge in [-0.2, -0.15) is 0 Å². The highest BCUT2D eigenvalue weighted by atomic mass is 32.2. The molecule has 0 amide bonds. The molecule has 0 fully saturated rings. The van der Waals surface area contributed by atoms with Gasteiger partial charge in [-0.05, 0) is 17.2 Å². The Morgan fingerprint density at radius 1 is 1.33 bits per heavy atom. The van der Waals surface area contributed by atoms with E-state index in [0.717, 1.165) is 4.90 Å². The molecule has 0 saturated heterocycles. The lowest BCUT2D eigenvalue weighted by atomic mass is 10.3. The first-order valence-electron chi connectivity index (χ1n) is 2.64. The fraction of sp³-hybridized carbons (Fsp3) is 0.143. The molecular formula is C7H7OS-. The quantitative estimate of drug-likeness (QED) is 0.550. The van der Waals surface area contributed by atoms with Crippen molar-refractivity contribution in [3.05, 3.63) is 24.3 Å². The lowest BCUT2D eigenvalue weighted by molar-refractivity contribution is -0.272. The monoisotopic (exact) mass is 139 g/mol. The maximum absolute atomic E-state index is 10.8. The first-order chi connectivity index (χ1) is 4.34. The first kappa shape index (κ1) is 6.49. The third-order valence-electron chi connectivity index (χ3n) is 1.07. The van der Waals surface area contributed by atoms with Crippen LogP contribution in [0.15, 0.2) is 29.2 Å². The summed E-state index contributed by atoms with van der Waals surface area (Å²) in [5, 5.41) is 10.8. The van der Waals surface area contributed by atoms with Gasteiger partial charge in [0.15, 0.2) is 0 Å². The van der Waals surface area contributed by atoms with Gasteiger partial charge >= 0.3 is 0 Å². The number of hydrogen-bond donors (Lipinski definition) is 0. The molecule has 9 heavy (non-hydrogen) atoms. The van der Waals surface area contributed by atoms with E-state index in [1.807, 2.05) is 18.4 Å². The van der Waals surface area contributed by atoms with Crippen LogP contribution < -0.4 is 5.11 Å². The zero-order valence-corrected chi connectivity index (χ0v) is 5.94. The smallest absolute Gasteiger partial charge is 0.000961 e. The van der Waals surface area contributed by atoms with Crippen molar-refractivity contribution >= 4 is 11.8 Å². The van der Waals surface area contributed by atoms with Crippen LogP contribution in [0.1, 0.15) is 0 Å². The second kappa shape index (κ2) is 2.78. The van der Waals surface area contributed by atoms with Crippen LogP contribution in [0.2, 0.25) is 0 Å². The zero-order valence-electron chi connectivity index (χ0n) is 5.13. The summed E-state index contributed by atoms with van der Waals surface area (Å²) in [5.41, 5.74) is 0. The molecule has 0 bridgehead atoms. The second-order valence-electron chi connectivity index (χ2n) is 1.65. The Labute approximate surface area is 58.7 Å². The SMILES string of the molecule is CSc1ccccc1[O-]. The van der Waals surface area contributed by atoms with Crippen LogP contribution in [0.5, 0.6) is 5.75 Å². The van der Waals surface area contributed by atoms with Crippen LogP contribution in [0, 0.1) is 0 Å². The third-order valence-corrected chi connectivity index (χ3v) is 1.85. The summed E-state index contributed by atoms with van der Waals surface area (Å²) in [6.45, 7) is 0. The summed E-state index contributed by atoms with van der Waals surface area (Å²) in [6.07, 6.45) is 1.90. The molecule has 0 aliphatic rings. The fourth-order valence-corrected chi connectivity index (χ4v) is 1.10. The minimum absolute atomic E-state index is 0.116. The van der Waals surface area contributed by atoms with Crippen molar-refractivity contribution in [2.75, 3.05) is 6.26 Å². The number of benzene rings is 1. The topological polar surface area (TPSA) is 23.1 Å². The van der Waals surface area contributed by atoms with Crippen LogP contribution >= 0.6 is 11.8 Å². The Morgan fingerprint density at radius 3 is 2.44 bits per heavy atom. The number of rotatable bonds is 1. The van der Waals surface area contributed by atoms with Gasteiger partial charge in [0.1, 0.15) is 0 Å². The summed E-state index contributed by atoms with van der Waals surface area (Å²) < 4.78 is 0. The average Bonchev–Trinajstić information content (AvgIpc) is 1.89. The summed E-state index contributed by atoms with van der Waals surface area (Å²) in [7, 11) is 0. The Bertz CT molecular complexity index is 198. The van der Waals surface area contributed by atoms with E-state index in [-0.39, 0.29) is 5.75 Å². The molecule has 0 atom stereocenters. The second-order valence-corrected chi connectivity index (χ2v) is 2.50. The van der Waals surface area contributed by atoms with Gasteiger partial charge < -0.3 is 5.11 Å². The highest BCUT2D eigenvalue weighted by molar-refractivity contribution is 7.98. The largest absolute Gasteiger partial charge is 0.872 e. The van der Waals surface area contributed by atoms with E-state index in [2.05, 4.69) is 0 Å². The highest BCUT2D eigenvalue weighted by Crippen LogP contribution is 2.22. The Morgan fingerprint density at radius 2 is 2.00 bits per heavy atom. The number of hydrogen-bond acceptors (Lipinski definition) is 2. The van der Waals surface area contributed by atoms with Crippen LogP contribution in [0.3, 0.4) is 0 Å². The molecule has 0 heterocycles. The van der Waals surface area contributed by atoms with Crippen molar-refractivity contribution in [2.24, 2.45) is 0 Å². The molecule has 0 aromatic heterocycles. The maximum Gasteiger partial charge on any atom is -0.000961 e. The van der Waals surface area contributed by atoms with Crippen LogP contribution in [0.4, 0.5) is 0 Å². The summed E-state index contributed by atoms with van der Waals surface area (Å²) in [4.78, 5) is 0.817. The minimum atomic E-state index is 0.116. The molecule has 0 spiro atoms. The van der Waals surface area contributed by atoms with E-state index in [1.165, 1.54) is 11.8 Å². The fourth-order valence-electron chi connectivity index (χ4n) is 0.619. The van der Waals surface area contributed by atoms with Gasteiger partial charge in [-0.15, -0.1) is 11.8 Å². The normalized spacial score (nSPS) is 9.44. The lowest BCUT2D eigenvalue weighted by Crippen LogP contribution is -1.90. The molecule has 0 aliphatic carbocycles. The van der Waals surface area contributed by atoms with E-state index in [1.54, 1.807) is 12.1 Å². The molecule has 0 aliphatic heterocycles. The Hall–Kier alpha value is -0.630. The van der Waals surface area contributed by atoms with Gasteiger partial charge in [-0.1, -0.05) is 23.9 Å². The van der Waals surface area contributed by atoms with Gasteiger partial charge in [0.2, 0.25) is 0 Å². The molecule has 48 valence electrons. The van der Waals surface area contributed by atoms with Crippen molar-refractivity contribution < 1.29 is 5.11 Å². The van der Waals surface area contributed by atoms with Crippen molar-refractivity contribution in [3.63, 3.8) is 0 Å². The van der Waals surface area contributed by atoms with E-state index < -0.39 is 0 Å². The number of para-hydroxylation sites is 1. The van der Waals surface area contributed by atoms with E-state index in [9.17, 15) is 5.11 Å². The predicted molar refractivity (Wildman–Crippen MR) is 37.7 cm³/mol. The molecule has 1 rings (SSSR count). The highest BCUT2D eigenvalue weighted by Gasteiger charge is 1.85. The molecule has 0 unspecified atom stereocenters. The van der Waals surface area contributed by atoms with Gasteiger partial charge in [0.25, 0.3) is 0 Å². The van der Waals surface area contributed by atoms with Gasteiger partial charge in [0, 0.05) is 0 Å². The minimum Gasteiger partial charge on any atom is -0.872 e. The summed E-state index contributed by atoms with van der Waals surface area (Å²) in [6, 6.07) is 7.02. The average molecular weight is 139 g/mol. The third kappa shape index (κ3) is 1.39. The molecule has 1 aromatic carbocycles. The standard InChI is InChI=1S/C7H8OS/c1-9-7-5-3-2-4-6(7)8/h2-5,8H,1H3/p-1. The predicted octanol–water partition coefficient (Wildman–Crippen LogP) is 1.48. The molecule has 0 N–H and O–H groups in total. The van der Waals surface area contributed by atoms with E-state index in [0.29, 0.717) is 0 Å². The van der Waals surface area contributed by atoms with Crippen molar-refractivity contribution in [3.8, 4) is 5.75 Å². The summed E-state index contributed by atoms with van der Waals surface area (Å²) >= 11 is 1.48. The van der Waals surface area contributed by atoms with E-state index in [4.69, 9.17) is 0 Å². The van der Waals surface area contributed by atoms with Crippen LogP contribution in [0.25, 0.3) is 0 Å². The van der Waals surface area contributed by atoms with Gasteiger partial charge in [-0.3, -0.25) is 0 Å². The Balaban J connectivity index is 3.01. The molecule has 1 nitrogen and oxygen atoms in total. The molecule has 2 heteroatoms. The van der Waals surface area contributed by atoms with E-state index >= 15 is 0 Å². The van der Waals surface area contributed by atoms with Crippen LogP contribution in [-0.4, -0.2) is 6.26 Å². The van der Waals surface area contributed by atoms with Crippen molar-refractivity contribution in [1.29, 1.82) is 0 Å². The molecular weight excluding hydrogens is 132 g/mol. The van der Waals surface area contributed by atoms with Crippen molar-refractivity contribution in [1.82, 2.24) is 0 Å². The molecule has 1 aromatic rings.